The molecule has 3 nitrogen and oxygen atoms in total. The smallest absolute Gasteiger partial charge is 0.0967 e. The van der Waals surface area contributed by atoms with Crippen LogP contribution >= 0.6 is 0 Å². The Morgan fingerprint density at radius 1 is 1.21 bits per heavy atom. The first-order valence-electron chi connectivity index (χ1n) is 4.67. The van der Waals surface area contributed by atoms with E-state index in [-0.39, 0.29) is 12.6 Å². The number of benzene rings is 1. The summed E-state index contributed by atoms with van der Waals surface area (Å²) in [4.78, 5) is 1.82. The van der Waals surface area contributed by atoms with E-state index in [0.29, 0.717) is 0 Å². The summed E-state index contributed by atoms with van der Waals surface area (Å²) < 4.78 is 0. The molecule has 0 spiro atoms. The summed E-state index contributed by atoms with van der Waals surface area (Å²) in [6.07, 6.45) is -0.642. The van der Waals surface area contributed by atoms with Crippen molar-refractivity contribution >= 4 is 0 Å². The standard InChI is InChI=1S/C11H17NO2/c1-12(2)10(8-13)11(14)9-6-4-3-5-7-9/h3-7,10-11,13-14H,8H2,1-2H3/t10?,11-/m1/s1. The largest absolute Gasteiger partial charge is 0.395 e. The average Bonchev–Trinajstić information content (AvgIpc) is 2.19. The quantitative estimate of drug-likeness (QED) is 0.741. The van der Waals surface area contributed by atoms with E-state index in [9.17, 15) is 5.11 Å². The first kappa shape index (κ1) is 11.2. The Balaban J connectivity index is 2.78. The minimum absolute atomic E-state index is 0.0525. The van der Waals surface area contributed by atoms with Crippen molar-refractivity contribution in [2.24, 2.45) is 0 Å². The molecule has 14 heavy (non-hydrogen) atoms. The maximum absolute atomic E-state index is 9.95. The Bertz CT molecular complexity index is 261. The van der Waals surface area contributed by atoms with Crippen LogP contribution in [-0.2, 0) is 0 Å². The molecule has 0 aliphatic carbocycles. The van der Waals surface area contributed by atoms with Crippen LogP contribution in [0.1, 0.15) is 11.7 Å². The van der Waals surface area contributed by atoms with Crippen LogP contribution in [-0.4, -0.2) is 41.9 Å². The molecule has 0 saturated heterocycles. The van der Waals surface area contributed by atoms with Gasteiger partial charge in [-0.3, -0.25) is 0 Å². The molecule has 0 amide bonds. The monoisotopic (exact) mass is 195 g/mol. The number of aliphatic hydroxyl groups excluding tert-OH is 2. The number of hydrogen-bond donors (Lipinski definition) is 2. The lowest BCUT2D eigenvalue weighted by Crippen LogP contribution is -2.37. The molecule has 0 fully saturated rings. The van der Waals surface area contributed by atoms with E-state index in [1.807, 2.05) is 49.3 Å². The Morgan fingerprint density at radius 3 is 2.21 bits per heavy atom. The van der Waals surface area contributed by atoms with Gasteiger partial charge < -0.3 is 15.1 Å². The molecule has 1 aromatic carbocycles. The van der Waals surface area contributed by atoms with Crippen LogP contribution in [0, 0.1) is 0 Å². The van der Waals surface area contributed by atoms with Crippen molar-refractivity contribution in [2.45, 2.75) is 12.1 Å². The highest BCUT2D eigenvalue weighted by Crippen LogP contribution is 2.18. The maximum Gasteiger partial charge on any atom is 0.0967 e. The summed E-state index contributed by atoms with van der Waals surface area (Å²) in [6, 6.07) is 9.12. The topological polar surface area (TPSA) is 43.7 Å². The summed E-state index contributed by atoms with van der Waals surface area (Å²) >= 11 is 0. The molecule has 3 heteroatoms. The Morgan fingerprint density at radius 2 is 1.79 bits per heavy atom. The van der Waals surface area contributed by atoms with E-state index >= 15 is 0 Å². The highest BCUT2D eigenvalue weighted by molar-refractivity contribution is 5.18. The highest BCUT2D eigenvalue weighted by atomic mass is 16.3. The van der Waals surface area contributed by atoms with Crippen molar-refractivity contribution < 1.29 is 10.2 Å². The van der Waals surface area contributed by atoms with Crippen LogP contribution in [0.4, 0.5) is 0 Å². The highest BCUT2D eigenvalue weighted by Gasteiger charge is 2.21. The van der Waals surface area contributed by atoms with Gasteiger partial charge in [0.15, 0.2) is 0 Å². The maximum atomic E-state index is 9.95. The number of nitrogens with zero attached hydrogens (tertiary/aromatic N) is 1. The van der Waals surface area contributed by atoms with Gasteiger partial charge in [0.2, 0.25) is 0 Å². The minimum Gasteiger partial charge on any atom is -0.395 e. The Labute approximate surface area is 84.6 Å². The number of rotatable bonds is 4. The van der Waals surface area contributed by atoms with Crippen LogP contribution in [0.25, 0.3) is 0 Å². The molecule has 0 radical (unpaired) electrons. The van der Waals surface area contributed by atoms with Gasteiger partial charge in [-0.25, -0.2) is 0 Å². The predicted octanol–water partition coefficient (Wildman–Crippen LogP) is 0.643. The second kappa shape index (κ2) is 5.10. The first-order valence-corrected chi connectivity index (χ1v) is 4.67. The third-order valence-electron chi connectivity index (χ3n) is 2.36. The van der Waals surface area contributed by atoms with Gasteiger partial charge in [-0.2, -0.15) is 0 Å². The van der Waals surface area contributed by atoms with Gasteiger partial charge in [0.25, 0.3) is 0 Å². The molecule has 0 aliphatic heterocycles. The van der Waals surface area contributed by atoms with Gasteiger partial charge in [0.1, 0.15) is 0 Å². The van der Waals surface area contributed by atoms with Gasteiger partial charge >= 0.3 is 0 Å². The van der Waals surface area contributed by atoms with Crippen molar-refractivity contribution in [1.82, 2.24) is 4.90 Å². The summed E-state index contributed by atoms with van der Waals surface area (Å²) in [5.41, 5.74) is 0.834. The van der Waals surface area contributed by atoms with E-state index in [0.717, 1.165) is 5.56 Å². The van der Waals surface area contributed by atoms with E-state index in [4.69, 9.17) is 5.11 Å². The van der Waals surface area contributed by atoms with E-state index in [1.165, 1.54) is 0 Å². The summed E-state index contributed by atoms with van der Waals surface area (Å²) in [7, 11) is 3.68. The van der Waals surface area contributed by atoms with Crippen molar-refractivity contribution in [3.8, 4) is 0 Å². The lowest BCUT2D eigenvalue weighted by atomic mass is 10.0. The third-order valence-corrected chi connectivity index (χ3v) is 2.36. The second-order valence-corrected chi connectivity index (χ2v) is 3.57. The van der Waals surface area contributed by atoms with Crippen molar-refractivity contribution in [3.05, 3.63) is 35.9 Å². The molecule has 2 atom stereocenters. The molecule has 1 unspecified atom stereocenters. The summed E-state index contributed by atoms with van der Waals surface area (Å²) in [5.74, 6) is 0. The lowest BCUT2D eigenvalue weighted by molar-refractivity contribution is 0.0390. The molecule has 78 valence electrons. The SMILES string of the molecule is CN(C)C(CO)[C@H](O)c1ccccc1. The normalized spacial score (nSPS) is 15.5. The van der Waals surface area contributed by atoms with Crippen molar-refractivity contribution in [1.29, 1.82) is 0 Å². The fourth-order valence-corrected chi connectivity index (χ4v) is 1.42. The minimum atomic E-state index is -0.642. The molecule has 0 aliphatic rings. The fraction of sp³-hybridized carbons (Fsp3) is 0.455. The molecule has 2 N–H and O–H groups in total. The average molecular weight is 195 g/mol. The Hall–Kier alpha value is -0.900. The predicted molar refractivity (Wildman–Crippen MR) is 56.0 cm³/mol. The van der Waals surface area contributed by atoms with E-state index in [2.05, 4.69) is 0 Å². The molecular weight excluding hydrogens is 178 g/mol. The van der Waals surface area contributed by atoms with Crippen LogP contribution in [0.5, 0.6) is 0 Å². The number of likely N-dealkylation sites (N-methyl/N-ethyl adjacent to an activating group) is 1. The van der Waals surface area contributed by atoms with Gasteiger partial charge in [-0.05, 0) is 19.7 Å². The van der Waals surface area contributed by atoms with Crippen LogP contribution < -0.4 is 0 Å². The molecule has 0 saturated carbocycles. The first-order chi connectivity index (χ1) is 6.66. The zero-order valence-electron chi connectivity index (χ0n) is 8.59. The summed E-state index contributed by atoms with van der Waals surface area (Å²) in [6.45, 7) is -0.0525. The van der Waals surface area contributed by atoms with Gasteiger partial charge in [0, 0.05) is 0 Å². The van der Waals surface area contributed by atoms with Gasteiger partial charge in [-0.15, -0.1) is 0 Å². The summed E-state index contributed by atoms with van der Waals surface area (Å²) in [5, 5.41) is 19.1. The van der Waals surface area contributed by atoms with Gasteiger partial charge in [-0.1, -0.05) is 30.3 Å². The molecule has 0 aromatic heterocycles. The third kappa shape index (κ3) is 2.54. The van der Waals surface area contributed by atoms with Crippen LogP contribution in [0.3, 0.4) is 0 Å². The molecule has 1 rings (SSSR count). The van der Waals surface area contributed by atoms with Gasteiger partial charge in [0.05, 0.1) is 18.8 Å². The van der Waals surface area contributed by atoms with Crippen LogP contribution in [0.15, 0.2) is 30.3 Å². The van der Waals surface area contributed by atoms with Crippen molar-refractivity contribution in [2.75, 3.05) is 20.7 Å². The molecule has 1 aromatic rings. The number of aliphatic hydroxyl groups is 2. The molecule has 0 bridgehead atoms. The molecular formula is C11H17NO2. The zero-order chi connectivity index (χ0) is 10.6. The zero-order valence-corrected chi connectivity index (χ0v) is 8.59. The fourth-order valence-electron chi connectivity index (χ4n) is 1.42. The van der Waals surface area contributed by atoms with Crippen LogP contribution in [0.2, 0.25) is 0 Å². The van der Waals surface area contributed by atoms with Crippen molar-refractivity contribution in [3.63, 3.8) is 0 Å². The Kier molecular flexibility index (Phi) is 4.07. The number of hydrogen-bond acceptors (Lipinski definition) is 3. The molecule has 0 heterocycles. The van der Waals surface area contributed by atoms with E-state index in [1.54, 1.807) is 0 Å². The van der Waals surface area contributed by atoms with E-state index < -0.39 is 6.10 Å². The second-order valence-electron chi connectivity index (χ2n) is 3.57. The lowest BCUT2D eigenvalue weighted by Gasteiger charge is -2.27.